The first-order valence-corrected chi connectivity index (χ1v) is 6.10. The van der Waals surface area contributed by atoms with Gasteiger partial charge < -0.3 is 0 Å². The second-order valence-electron chi connectivity index (χ2n) is 5.01. The molecule has 2 aromatic carbocycles. The van der Waals surface area contributed by atoms with E-state index in [2.05, 4.69) is 48.1 Å². The lowest BCUT2D eigenvalue weighted by atomic mass is 9.99. The van der Waals surface area contributed by atoms with Crippen molar-refractivity contribution in [2.75, 3.05) is 0 Å². The van der Waals surface area contributed by atoms with Crippen LogP contribution in [-0.2, 0) is 0 Å². The number of aromatic nitrogens is 2. The molecule has 0 N–H and O–H groups in total. The van der Waals surface area contributed by atoms with Crippen LogP contribution in [0.25, 0.3) is 32.6 Å². The average Bonchev–Trinajstić information content (AvgIpc) is 2.34. The fraction of sp³-hybridized carbons (Fsp3) is 0.125. The fourth-order valence-electron chi connectivity index (χ4n) is 2.82. The normalized spacial score (nSPS) is 11.9. The van der Waals surface area contributed by atoms with Crippen molar-refractivity contribution < 1.29 is 0 Å². The maximum absolute atomic E-state index is 4.59. The minimum absolute atomic E-state index is 1.06. The zero-order valence-corrected chi connectivity index (χ0v) is 10.4. The summed E-state index contributed by atoms with van der Waals surface area (Å²) in [6, 6.07) is 8.63. The zero-order valence-electron chi connectivity index (χ0n) is 10.4. The van der Waals surface area contributed by atoms with Crippen LogP contribution in [0, 0.1) is 13.8 Å². The molecule has 0 fully saturated rings. The maximum Gasteiger partial charge on any atom is 0.0718 e. The Morgan fingerprint density at radius 1 is 0.667 bits per heavy atom. The maximum atomic E-state index is 4.59. The minimum atomic E-state index is 1.06. The largest absolute Gasteiger partial charge is 0.256 e. The van der Waals surface area contributed by atoms with Crippen LogP contribution in [-0.4, -0.2) is 9.97 Å². The third kappa shape index (κ3) is 1.17. The molecule has 4 aromatic rings. The molecule has 0 atom stereocenters. The molecule has 0 aliphatic carbocycles. The van der Waals surface area contributed by atoms with Gasteiger partial charge in [-0.3, -0.25) is 9.97 Å². The van der Waals surface area contributed by atoms with Gasteiger partial charge in [-0.05, 0) is 49.2 Å². The van der Waals surface area contributed by atoms with Crippen LogP contribution in [0.4, 0.5) is 0 Å². The molecule has 0 saturated carbocycles. The highest BCUT2D eigenvalue weighted by Crippen LogP contribution is 2.33. The van der Waals surface area contributed by atoms with E-state index in [0.29, 0.717) is 0 Å². The fourth-order valence-corrected chi connectivity index (χ4v) is 2.82. The van der Waals surface area contributed by atoms with Crippen molar-refractivity contribution in [3.63, 3.8) is 0 Å². The average molecular weight is 232 g/mol. The molecule has 2 nitrogen and oxygen atoms in total. The predicted molar refractivity (Wildman–Crippen MR) is 75.2 cm³/mol. The standard InChI is InChI=1S/C16H12N2/c1-9-3-11-7-18-14-6-10(2)4-12-8-17-13(5-9)15(11)16(12)14/h3-8H,1-2H3. The molecule has 2 heterocycles. The topological polar surface area (TPSA) is 25.8 Å². The van der Waals surface area contributed by atoms with Gasteiger partial charge in [0.15, 0.2) is 0 Å². The summed E-state index contributed by atoms with van der Waals surface area (Å²) in [7, 11) is 0. The Morgan fingerprint density at radius 3 is 1.56 bits per heavy atom. The quantitative estimate of drug-likeness (QED) is 0.428. The molecular weight excluding hydrogens is 220 g/mol. The summed E-state index contributed by atoms with van der Waals surface area (Å²) in [6.45, 7) is 4.20. The van der Waals surface area contributed by atoms with Crippen molar-refractivity contribution in [2.24, 2.45) is 0 Å². The van der Waals surface area contributed by atoms with E-state index in [1.807, 2.05) is 12.4 Å². The molecule has 0 radical (unpaired) electrons. The van der Waals surface area contributed by atoms with Gasteiger partial charge in [-0.2, -0.15) is 0 Å². The molecule has 0 aliphatic rings. The highest BCUT2D eigenvalue weighted by molar-refractivity contribution is 6.20. The summed E-state index contributed by atoms with van der Waals surface area (Å²) < 4.78 is 0. The highest BCUT2D eigenvalue weighted by Gasteiger charge is 2.10. The van der Waals surface area contributed by atoms with Crippen LogP contribution < -0.4 is 0 Å². The van der Waals surface area contributed by atoms with Gasteiger partial charge in [-0.15, -0.1) is 0 Å². The van der Waals surface area contributed by atoms with Crippen LogP contribution in [0.5, 0.6) is 0 Å². The van der Waals surface area contributed by atoms with Gasteiger partial charge in [0.1, 0.15) is 0 Å². The molecule has 86 valence electrons. The summed E-state index contributed by atoms with van der Waals surface area (Å²) >= 11 is 0. The number of nitrogens with zero attached hydrogens (tertiary/aromatic N) is 2. The number of aryl methyl sites for hydroxylation is 2. The van der Waals surface area contributed by atoms with Crippen LogP contribution in [0.2, 0.25) is 0 Å². The Labute approximate surface area is 105 Å². The summed E-state index contributed by atoms with van der Waals surface area (Å²) in [5.74, 6) is 0. The second-order valence-corrected chi connectivity index (χ2v) is 5.01. The lowest BCUT2D eigenvalue weighted by Crippen LogP contribution is -1.90. The SMILES string of the molecule is Cc1cc2cnc3cc(C)cc4cnc(c1)c2c43. The molecule has 0 unspecified atom stereocenters. The number of rotatable bonds is 0. The van der Waals surface area contributed by atoms with E-state index >= 15 is 0 Å². The van der Waals surface area contributed by atoms with Gasteiger partial charge in [-0.1, -0.05) is 0 Å². The molecular formula is C16H12N2. The first-order valence-electron chi connectivity index (χ1n) is 6.10. The minimum Gasteiger partial charge on any atom is -0.256 e. The number of hydrogen-bond donors (Lipinski definition) is 0. The van der Waals surface area contributed by atoms with E-state index in [9.17, 15) is 0 Å². The van der Waals surface area contributed by atoms with Crippen molar-refractivity contribution in [2.45, 2.75) is 13.8 Å². The van der Waals surface area contributed by atoms with Gasteiger partial charge in [0.05, 0.1) is 11.0 Å². The monoisotopic (exact) mass is 232 g/mol. The third-order valence-corrected chi connectivity index (χ3v) is 3.52. The second kappa shape index (κ2) is 3.16. The van der Waals surface area contributed by atoms with Crippen molar-refractivity contribution in [3.8, 4) is 0 Å². The predicted octanol–water partition coefficient (Wildman–Crippen LogP) is 3.99. The van der Waals surface area contributed by atoms with Crippen LogP contribution in [0.1, 0.15) is 11.1 Å². The Morgan fingerprint density at radius 2 is 1.11 bits per heavy atom. The van der Waals surface area contributed by atoms with E-state index < -0.39 is 0 Å². The summed E-state index contributed by atoms with van der Waals surface area (Å²) in [5.41, 5.74) is 4.58. The molecule has 0 spiro atoms. The Balaban J connectivity index is 2.41. The molecule has 4 rings (SSSR count). The third-order valence-electron chi connectivity index (χ3n) is 3.52. The van der Waals surface area contributed by atoms with E-state index in [1.165, 1.54) is 32.7 Å². The first kappa shape index (κ1) is 9.77. The molecule has 2 aromatic heterocycles. The van der Waals surface area contributed by atoms with Gasteiger partial charge in [0.2, 0.25) is 0 Å². The van der Waals surface area contributed by atoms with E-state index in [1.54, 1.807) is 0 Å². The van der Waals surface area contributed by atoms with Crippen molar-refractivity contribution in [1.29, 1.82) is 0 Å². The highest BCUT2D eigenvalue weighted by atomic mass is 14.7. The summed E-state index contributed by atoms with van der Waals surface area (Å²) in [5, 5.41) is 4.84. The van der Waals surface area contributed by atoms with Crippen molar-refractivity contribution >= 4 is 32.6 Å². The molecule has 18 heavy (non-hydrogen) atoms. The lowest BCUT2D eigenvalue weighted by molar-refractivity contribution is 1.38. The Hall–Kier alpha value is -2.22. The number of hydrogen-bond acceptors (Lipinski definition) is 2. The molecule has 2 heteroatoms. The smallest absolute Gasteiger partial charge is 0.0718 e. The van der Waals surface area contributed by atoms with E-state index in [-0.39, 0.29) is 0 Å². The van der Waals surface area contributed by atoms with Gasteiger partial charge in [-0.25, -0.2) is 0 Å². The molecule has 0 saturated heterocycles. The number of benzene rings is 2. The van der Waals surface area contributed by atoms with Crippen molar-refractivity contribution in [1.82, 2.24) is 9.97 Å². The molecule has 0 aliphatic heterocycles. The summed E-state index contributed by atoms with van der Waals surface area (Å²) in [4.78, 5) is 9.17. The Bertz CT molecular complexity index is 752. The van der Waals surface area contributed by atoms with Gasteiger partial charge in [0.25, 0.3) is 0 Å². The van der Waals surface area contributed by atoms with Crippen LogP contribution in [0.15, 0.2) is 36.7 Å². The summed E-state index contributed by atoms with van der Waals surface area (Å²) in [6.07, 6.45) is 3.91. The van der Waals surface area contributed by atoms with Crippen LogP contribution in [0.3, 0.4) is 0 Å². The van der Waals surface area contributed by atoms with Gasteiger partial charge >= 0.3 is 0 Å². The van der Waals surface area contributed by atoms with E-state index in [0.717, 1.165) is 11.0 Å². The van der Waals surface area contributed by atoms with Crippen LogP contribution >= 0.6 is 0 Å². The molecule has 0 amide bonds. The van der Waals surface area contributed by atoms with Crippen molar-refractivity contribution in [3.05, 3.63) is 47.8 Å². The Kier molecular flexibility index (Phi) is 1.72. The van der Waals surface area contributed by atoms with E-state index in [4.69, 9.17) is 0 Å². The lowest BCUT2D eigenvalue weighted by Gasteiger charge is -2.10. The first-order chi connectivity index (χ1) is 8.72. The zero-order chi connectivity index (χ0) is 12.3. The number of pyridine rings is 2. The molecule has 0 bridgehead atoms. The van der Waals surface area contributed by atoms with Gasteiger partial charge in [0, 0.05) is 33.9 Å².